The second-order valence-electron chi connectivity index (χ2n) is 7.00. The van der Waals surface area contributed by atoms with Crippen LogP contribution in [-0.4, -0.2) is 43.6 Å². The maximum absolute atomic E-state index is 14.3. The maximum atomic E-state index is 14.3. The Hall–Kier alpha value is -2.95. The molecule has 7 nitrogen and oxygen atoms in total. The Kier molecular flexibility index (Phi) is 6.63. The minimum Gasteiger partial charge on any atom is -0.611 e. The fourth-order valence-corrected chi connectivity index (χ4v) is 4.09. The Morgan fingerprint density at radius 2 is 1.84 bits per heavy atom. The lowest BCUT2D eigenvalue weighted by Crippen LogP contribution is -2.32. The molecule has 1 unspecified atom stereocenters. The van der Waals surface area contributed by atoms with Crippen molar-refractivity contribution in [2.75, 3.05) is 12.4 Å². The van der Waals surface area contributed by atoms with Gasteiger partial charge in [-0.2, -0.15) is 0 Å². The van der Waals surface area contributed by atoms with Crippen LogP contribution in [0.5, 0.6) is 0 Å². The molecular weight excluding hydrogens is 430 g/mol. The molecule has 0 aliphatic rings. The molecule has 0 bridgehead atoms. The largest absolute Gasteiger partial charge is 0.611 e. The molecule has 0 aliphatic carbocycles. The number of aliphatic hydroxyl groups is 1. The summed E-state index contributed by atoms with van der Waals surface area (Å²) in [5.74, 6) is -4.33. The molecular formula is C21H20F2N2O5S. The first kappa shape index (κ1) is 22.7. The first-order chi connectivity index (χ1) is 14.6. The van der Waals surface area contributed by atoms with Crippen molar-refractivity contribution in [3.05, 3.63) is 64.9 Å². The predicted molar refractivity (Wildman–Crippen MR) is 110 cm³/mol. The first-order valence-corrected chi connectivity index (χ1v) is 10.5. The third-order valence-electron chi connectivity index (χ3n) is 4.93. The number of carboxylic acids is 1. The molecule has 3 N–H and O–H groups in total. The molecule has 3 aromatic rings. The number of nitrogens with zero attached hydrogens (tertiary/aromatic N) is 1. The Bertz CT molecular complexity index is 1150. The van der Waals surface area contributed by atoms with Gasteiger partial charge in [-0.1, -0.05) is 12.1 Å². The monoisotopic (exact) mass is 450 g/mol. The number of fused-ring (bicyclic) bond motifs is 1. The van der Waals surface area contributed by atoms with Crippen LogP contribution in [0.1, 0.15) is 27.7 Å². The molecule has 3 rings (SSSR count). The van der Waals surface area contributed by atoms with Gasteiger partial charge in [0.25, 0.3) is 5.91 Å². The molecule has 0 radical (unpaired) electrons. The molecule has 1 aromatic heterocycles. The topological polar surface area (TPSA) is 115 Å². The smallest absolute Gasteiger partial charge is 0.354 e. The average Bonchev–Trinajstić information content (AvgIpc) is 3.06. The van der Waals surface area contributed by atoms with E-state index in [-0.39, 0.29) is 16.6 Å². The zero-order valence-corrected chi connectivity index (χ0v) is 17.5. The highest BCUT2D eigenvalue weighted by atomic mass is 32.2. The number of halogens is 2. The van der Waals surface area contributed by atoms with Crippen LogP contribution in [0.15, 0.2) is 41.3 Å². The van der Waals surface area contributed by atoms with Crippen LogP contribution < -0.4 is 5.32 Å². The van der Waals surface area contributed by atoms with Crippen LogP contribution in [-0.2, 0) is 23.0 Å². The molecule has 0 saturated carbocycles. The number of aryl methyl sites for hydroxylation is 2. The van der Waals surface area contributed by atoms with Crippen LogP contribution in [0.3, 0.4) is 0 Å². The minimum absolute atomic E-state index is 0.0263. The highest BCUT2D eigenvalue weighted by Gasteiger charge is 2.22. The van der Waals surface area contributed by atoms with Gasteiger partial charge in [0.15, 0.2) is 16.5 Å². The zero-order valence-electron chi connectivity index (χ0n) is 16.7. The van der Waals surface area contributed by atoms with Crippen LogP contribution in [0, 0.1) is 18.6 Å². The third kappa shape index (κ3) is 4.55. The van der Waals surface area contributed by atoms with Gasteiger partial charge in [-0.3, -0.25) is 4.79 Å². The van der Waals surface area contributed by atoms with Gasteiger partial charge in [0.2, 0.25) is 5.75 Å². The Morgan fingerprint density at radius 1 is 1.19 bits per heavy atom. The van der Waals surface area contributed by atoms with E-state index >= 15 is 0 Å². The van der Waals surface area contributed by atoms with E-state index in [1.54, 1.807) is 7.05 Å². The number of amides is 1. The van der Waals surface area contributed by atoms with Gasteiger partial charge in [0, 0.05) is 12.4 Å². The molecule has 1 heterocycles. The molecule has 0 saturated heterocycles. The molecule has 2 aromatic carbocycles. The number of carbonyl (C=O) groups excluding carboxylic acids is 1. The van der Waals surface area contributed by atoms with Gasteiger partial charge >= 0.3 is 5.97 Å². The highest BCUT2D eigenvalue weighted by molar-refractivity contribution is 7.92. The number of rotatable bonds is 7. The second-order valence-corrected chi connectivity index (χ2v) is 8.46. The molecule has 0 spiro atoms. The van der Waals surface area contributed by atoms with E-state index in [1.165, 1.54) is 47.9 Å². The number of aromatic nitrogens is 1. The van der Waals surface area contributed by atoms with Crippen molar-refractivity contribution in [1.82, 2.24) is 9.88 Å². The van der Waals surface area contributed by atoms with E-state index in [9.17, 15) is 28.0 Å². The fourth-order valence-electron chi connectivity index (χ4n) is 3.26. The lowest BCUT2D eigenvalue weighted by molar-refractivity contribution is -0.134. The molecule has 164 valence electrons. The number of carboxylic acid groups (broad SMARTS) is 1. The SMILES string of the molecule is Cc1cc2c(cc(C(=O)NC(CO)c3ccc([S@@+]([O-])CC(=O)O)cc3)n2C)c(F)c1F. The lowest BCUT2D eigenvalue weighted by Gasteiger charge is -2.17. The van der Waals surface area contributed by atoms with E-state index in [2.05, 4.69) is 5.32 Å². The molecule has 10 heteroatoms. The number of benzene rings is 2. The quantitative estimate of drug-likeness (QED) is 0.479. The number of nitrogens with one attached hydrogen (secondary N) is 1. The summed E-state index contributed by atoms with van der Waals surface area (Å²) >= 11 is -1.71. The molecule has 2 atom stereocenters. The fraction of sp³-hybridized carbons (Fsp3) is 0.238. The van der Waals surface area contributed by atoms with Crippen molar-refractivity contribution in [3.63, 3.8) is 0 Å². The Labute approximate surface area is 179 Å². The summed E-state index contributed by atoms with van der Waals surface area (Å²) in [5.41, 5.74) is 1.05. The van der Waals surface area contributed by atoms with Gasteiger partial charge in [-0.05, 0) is 53.5 Å². The van der Waals surface area contributed by atoms with E-state index in [1.807, 2.05) is 0 Å². The van der Waals surface area contributed by atoms with Crippen molar-refractivity contribution >= 4 is 34.0 Å². The first-order valence-electron chi connectivity index (χ1n) is 9.20. The Morgan fingerprint density at radius 3 is 2.42 bits per heavy atom. The standard InChI is InChI=1S/C21H20F2N2O5S/c1-11-7-16-14(20(23)19(11)22)8-17(25(16)2)21(29)24-15(9-26)12-3-5-13(6-4-12)31(30)10-18(27)28/h3-8,15,26H,9-10H2,1-2H3,(H,24,29)(H,27,28)/t15?,31-/m0/s1. The molecule has 31 heavy (non-hydrogen) atoms. The highest BCUT2D eigenvalue weighted by Crippen LogP contribution is 2.27. The number of hydrogen-bond donors (Lipinski definition) is 3. The van der Waals surface area contributed by atoms with E-state index in [4.69, 9.17) is 5.11 Å². The summed E-state index contributed by atoms with van der Waals surface area (Å²) in [6, 6.07) is 7.84. The normalized spacial score (nSPS) is 13.2. The van der Waals surface area contributed by atoms with Crippen molar-refractivity contribution in [3.8, 4) is 0 Å². The summed E-state index contributed by atoms with van der Waals surface area (Å²) in [4.78, 5) is 23.8. The summed E-state index contributed by atoms with van der Waals surface area (Å²) in [6.45, 7) is 0.981. The maximum Gasteiger partial charge on any atom is 0.354 e. The summed E-state index contributed by atoms with van der Waals surface area (Å²) < 4.78 is 41.5. The Balaban J connectivity index is 1.84. The van der Waals surface area contributed by atoms with Gasteiger partial charge in [-0.15, -0.1) is 0 Å². The number of carbonyl (C=O) groups is 2. The third-order valence-corrected chi connectivity index (χ3v) is 6.24. The van der Waals surface area contributed by atoms with Crippen molar-refractivity contribution in [1.29, 1.82) is 0 Å². The number of hydrogen-bond acceptors (Lipinski definition) is 4. The number of aliphatic carboxylic acids is 1. The van der Waals surface area contributed by atoms with Crippen LogP contribution in [0.2, 0.25) is 0 Å². The summed E-state index contributed by atoms with van der Waals surface area (Å²) in [5, 5.41) is 21.1. The van der Waals surface area contributed by atoms with E-state index in [0.29, 0.717) is 16.0 Å². The van der Waals surface area contributed by atoms with Crippen molar-refractivity contribution in [2.24, 2.45) is 7.05 Å². The minimum atomic E-state index is -1.71. The summed E-state index contributed by atoms with van der Waals surface area (Å²) in [6.07, 6.45) is 0. The second kappa shape index (κ2) is 9.04. The van der Waals surface area contributed by atoms with Gasteiger partial charge in [0.1, 0.15) is 5.69 Å². The van der Waals surface area contributed by atoms with Crippen LogP contribution in [0.4, 0.5) is 8.78 Å². The van der Waals surface area contributed by atoms with Gasteiger partial charge in [0.05, 0.1) is 18.2 Å². The van der Waals surface area contributed by atoms with E-state index < -0.39 is 53.1 Å². The predicted octanol–water partition coefficient (Wildman–Crippen LogP) is 2.42. The van der Waals surface area contributed by atoms with Crippen LogP contribution >= 0.6 is 0 Å². The van der Waals surface area contributed by atoms with Crippen molar-refractivity contribution < 1.29 is 33.1 Å². The summed E-state index contributed by atoms with van der Waals surface area (Å²) in [7, 11) is 1.55. The van der Waals surface area contributed by atoms with Crippen molar-refractivity contribution in [2.45, 2.75) is 17.9 Å². The van der Waals surface area contributed by atoms with Gasteiger partial charge < -0.3 is 24.6 Å². The number of aliphatic hydroxyl groups excluding tert-OH is 1. The zero-order chi connectivity index (χ0) is 22.9. The average molecular weight is 450 g/mol. The van der Waals surface area contributed by atoms with Gasteiger partial charge in [-0.25, -0.2) is 13.6 Å². The van der Waals surface area contributed by atoms with E-state index in [0.717, 1.165) is 0 Å². The lowest BCUT2D eigenvalue weighted by atomic mass is 10.1. The molecule has 0 aliphatic heterocycles. The van der Waals surface area contributed by atoms with Crippen LogP contribution in [0.25, 0.3) is 10.9 Å². The molecule has 0 fully saturated rings. The molecule has 1 amide bonds.